The van der Waals surface area contributed by atoms with E-state index < -0.39 is 0 Å². The Labute approximate surface area is 135 Å². The molecule has 3 N–H and O–H groups in total. The van der Waals surface area contributed by atoms with Crippen molar-refractivity contribution in [1.29, 1.82) is 0 Å². The van der Waals surface area contributed by atoms with Gasteiger partial charge in [0.05, 0.1) is 6.54 Å². The third kappa shape index (κ3) is 3.68. The van der Waals surface area contributed by atoms with Crippen LogP contribution >= 0.6 is 0 Å². The number of anilines is 1. The number of hydrogen-bond donors (Lipinski definition) is 2. The second-order valence-corrected chi connectivity index (χ2v) is 6.10. The van der Waals surface area contributed by atoms with Crippen LogP contribution in [0.2, 0.25) is 0 Å². The highest BCUT2D eigenvalue weighted by atomic mass is 16.2. The Morgan fingerprint density at radius 1 is 1.17 bits per heavy atom. The number of aromatic nitrogens is 1. The molecule has 2 atom stereocenters. The van der Waals surface area contributed by atoms with Gasteiger partial charge in [-0.2, -0.15) is 0 Å². The minimum absolute atomic E-state index is 0.0906. The molecule has 1 aromatic heterocycles. The van der Waals surface area contributed by atoms with E-state index in [0.717, 1.165) is 18.4 Å². The van der Waals surface area contributed by atoms with Gasteiger partial charge in [-0.25, -0.2) is 0 Å². The number of nitrogens with zero attached hydrogens (tertiary/aromatic N) is 1. The lowest BCUT2D eigenvalue weighted by Gasteiger charge is -2.12. The Hall–Kier alpha value is -2.40. The van der Waals surface area contributed by atoms with Crippen LogP contribution in [0.3, 0.4) is 0 Å². The monoisotopic (exact) mass is 311 g/mol. The summed E-state index contributed by atoms with van der Waals surface area (Å²) >= 11 is 0. The van der Waals surface area contributed by atoms with E-state index in [1.165, 1.54) is 0 Å². The van der Waals surface area contributed by atoms with E-state index in [9.17, 15) is 9.59 Å². The van der Waals surface area contributed by atoms with Crippen molar-refractivity contribution in [3.63, 3.8) is 0 Å². The molecule has 1 heterocycles. The number of benzene rings is 1. The molecular weight excluding hydrogens is 290 g/mol. The van der Waals surface area contributed by atoms with E-state index in [4.69, 9.17) is 5.73 Å². The maximum Gasteiger partial charge on any atom is 0.274 e. The van der Waals surface area contributed by atoms with Crippen LogP contribution < -0.4 is 16.6 Å². The Morgan fingerprint density at radius 3 is 2.65 bits per heavy atom. The van der Waals surface area contributed by atoms with Crippen LogP contribution in [0.15, 0.2) is 53.5 Å². The van der Waals surface area contributed by atoms with Crippen molar-refractivity contribution in [2.45, 2.75) is 31.8 Å². The first-order valence-electron chi connectivity index (χ1n) is 7.93. The lowest BCUT2D eigenvalue weighted by Crippen LogP contribution is -2.29. The Kier molecular flexibility index (Phi) is 4.57. The quantitative estimate of drug-likeness (QED) is 0.906. The molecule has 0 saturated heterocycles. The number of rotatable bonds is 4. The van der Waals surface area contributed by atoms with Gasteiger partial charge in [0.25, 0.3) is 5.56 Å². The van der Waals surface area contributed by atoms with Crippen LogP contribution in [0.5, 0.6) is 0 Å². The van der Waals surface area contributed by atoms with Gasteiger partial charge >= 0.3 is 0 Å². The molecule has 3 rings (SSSR count). The van der Waals surface area contributed by atoms with Crippen molar-refractivity contribution in [1.82, 2.24) is 4.57 Å². The fourth-order valence-electron chi connectivity index (χ4n) is 3.03. The SMILES string of the molecule is NC1CCC(C(=O)Nc2cccn(Cc3ccccc3)c2=O)C1. The molecule has 0 spiro atoms. The Bertz CT molecular complexity index is 739. The molecule has 1 fully saturated rings. The van der Waals surface area contributed by atoms with Crippen LogP contribution in [0.25, 0.3) is 0 Å². The molecule has 120 valence electrons. The highest BCUT2D eigenvalue weighted by Gasteiger charge is 2.28. The summed E-state index contributed by atoms with van der Waals surface area (Å²) in [5.74, 6) is -0.195. The van der Waals surface area contributed by atoms with Gasteiger partial charge in [0.15, 0.2) is 0 Å². The first kappa shape index (κ1) is 15.5. The fraction of sp³-hybridized carbons (Fsp3) is 0.333. The summed E-state index contributed by atoms with van der Waals surface area (Å²) in [6.07, 6.45) is 4.08. The van der Waals surface area contributed by atoms with Crippen LogP contribution in [0.4, 0.5) is 5.69 Å². The smallest absolute Gasteiger partial charge is 0.274 e. The lowest BCUT2D eigenvalue weighted by atomic mass is 10.1. The van der Waals surface area contributed by atoms with Crippen molar-refractivity contribution in [3.05, 3.63) is 64.6 Å². The average molecular weight is 311 g/mol. The number of hydrogen-bond acceptors (Lipinski definition) is 3. The zero-order valence-corrected chi connectivity index (χ0v) is 12.9. The van der Waals surface area contributed by atoms with Gasteiger partial charge in [-0.3, -0.25) is 9.59 Å². The normalized spacial score (nSPS) is 20.4. The molecule has 1 aromatic carbocycles. The van der Waals surface area contributed by atoms with Crippen molar-refractivity contribution in [2.75, 3.05) is 5.32 Å². The molecule has 1 amide bonds. The van der Waals surface area contributed by atoms with Gasteiger partial charge in [-0.05, 0) is 37.0 Å². The van der Waals surface area contributed by atoms with E-state index in [1.807, 2.05) is 30.3 Å². The molecular formula is C18H21N3O2. The standard InChI is InChI=1S/C18H21N3O2/c19-15-9-8-14(11-15)17(22)20-16-7-4-10-21(18(16)23)12-13-5-2-1-3-6-13/h1-7,10,14-15H,8-9,11-12,19H2,(H,20,22). The molecule has 5 heteroatoms. The second-order valence-electron chi connectivity index (χ2n) is 6.10. The number of carbonyl (C=O) groups excluding carboxylic acids is 1. The van der Waals surface area contributed by atoms with E-state index in [1.54, 1.807) is 22.9 Å². The highest BCUT2D eigenvalue weighted by molar-refractivity contribution is 5.92. The van der Waals surface area contributed by atoms with Crippen molar-refractivity contribution >= 4 is 11.6 Å². The summed E-state index contributed by atoms with van der Waals surface area (Å²) in [6.45, 7) is 0.484. The summed E-state index contributed by atoms with van der Waals surface area (Å²) in [7, 11) is 0. The zero-order valence-electron chi connectivity index (χ0n) is 12.9. The van der Waals surface area contributed by atoms with Crippen molar-refractivity contribution < 1.29 is 4.79 Å². The lowest BCUT2D eigenvalue weighted by molar-refractivity contribution is -0.119. The predicted molar refractivity (Wildman–Crippen MR) is 90.2 cm³/mol. The van der Waals surface area contributed by atoms with E-state index in [0.29, 0.717) is 18.7 Å². The van der Waals surface area contributed by atoms with E-state index >= 15 is 0 Å². The fourth-order valence-corrected chi connectivity index (χ4v) is 3.03. The van der Waals surface area contributed by atoms with Gasteiger partial charge < -0.3 is 15.6 Å². The van der Waals surface area contributed by atoms with E-state index in [-0.39, 0.29) is 23.4 Å². The highest BCUT2D eigenvalue weighted by Crippen LogP contribution is 2.25. The summed E-state index contributed by atoms with van der Waals surface area (Å²) in [4.78, 5) is 24.8. The molecule has 1 aliphatic carbocycles. The predicted octanol–water partition coefficient (Wildman–Crippen LogP) is 1.96. The largest absolute Gasteiger partial charge is 0.328 e. The van der Waals surface area contributed by atoms with E-state index in [2.05, 4.69) is 5.32 Å². The minimum atomic E-state index is -0.188. The molecule has 5 nitrogen and oxygen atoms in total. The van der Waals surface area contributed by atoms with Crippen LogP contribution in [0, 0.1) is 5.92 Å². The third-order valence-corrected chi connectivity index (χ3v) is 4.32. The second kappa shape index (κ2) is 6.79. The van der Waals surface area contributed by atoms with Gasteiger partial charge in [0, 0.05) is 18.2 Å². The molecule has 0 bridgehead atoms. The molecule has 1 saturated carbocycles. The maximum absolute atomic E-state index is 12.5. The molecule has 2 unspecified atom stereocenters. The number of pyridine rings is 1. The van der Waals surface area contributed by atoms with Crippen LogP contribution in [0.1, 0.15) is 24.8 Å². The summed E-state index contributed by atoms with van der Waals surface area (Å²) in [5.41, 5.74) is 7.03. The molecule has 0 radical (unpaired) electrons. The number of carbonyl (C=O) groups is 1. The molecule has 1 aliphatic rings. The average Bonchev–Trinajstić information content (AvgIpc) is 2.99. The number of nitrogens with one attached hydrogen (secondary N) is 1. The van der Waals surface area contributed by atoms with Gasteiger partial charge in [0.1, 0.15) is 5.69 Å². The zero-order chi connectivity index (χ0) is 16.2. The first-order chi connectivity index (χ1) is 11.1. The third-order valence-electron chi connectivity index (χ3n) is 4.32. The number of amides is 1. The summed E-state index contributed by atoms with van der Waals surface area (Å²) in [6, 6.07) is 13.3. The molecule has 0 aliphatic heterocycles. The maximum atomic E-state index is 12.5. The summed E-state index contributed by atoms with van der Waals surface area (Å²) in [5, 5.41) is 2.77. The Balaban J connectivity index is 1.75. The van der Waals surface area contributed by atoms with Crippen LogP contribution in [-0.4, -0.2) is 16.5 Å². The topological polar surface area (TPSA) is 77.1 Å². The van der Waals surface area contributed by atoms with Gasteiger partial charge in [-0.1, -0.05) is 30.3 Å². The Morgan fingerprint density at radius 2 is 1.96 bits per heavy atom. The molecule has 2 aromatic rings. The minimum Gasteiger partial charge on any atom is -0.328 e. The van der Waals surface area contributed by atoms with Crippen LogP contribution in [-0.2, 0) is 11.3 Å². The number of nitrogens with two attached hydrogens (primary N) is 1. The van der Waals surface area contributed by atoms with Gasteiger partial charge in [0.2, 0.25) is 5.91 Å². The first-order valence-corrected chi connectivity index (χ1v) is 7.93. The van der Waals surface area contributed by atoms with Crippen molar-refractivity contribution in [2.24, 2.45) is 11.7 Å². The van der Waals surface area contributed by atoms with Crippen molar-refractivity contribution in [3.8, 4) is 0 Å². The van der Waals surface area contributed by atoms with Gasteiger partial charge in [-0.15, -0.1) is 0 Å². The molecule has 23 heavy (non-hydrogen) atoms. The summed E-state index contributed by atoms with van der Waals surface area (Å²) < 4.78 is 1.60.